The maximum Gasteiger partial charge on any atom is 0.343 e. The van der Waals surface area contributed by atoms with Gasteiger partial charge in [0, 0.05) is 18.9 Å². The van der Waals surface area contributed by atoms with Crippen molar-refractivity contribution in [3.8, 4) is 23.0 Å². The second-order valence-corrected chi connectivity index (χ2v) is 8.28. The second-order valence-electron chi connectivity index (χ2n) is 8.28. The predicted octanol–water partition coefficient (Wildman–Crippen LogP) is 4.10. The number of hydrogen-bond donors (Lipinski definition) is 3. The Labute approximate surface area is 207 Å². The molecular formula is C28H27NO7. The van der Waals surface area contributed by atoms with Gasteiger partial charge in [0.25, 0.3) is 0 Å². The van der Waals surface area contributed by atoms with Crippen LogP contribution in [0.15, 0.2) is 75.9 Å². The molecule has 0 aliphatic carbocycles. The number of benzene rings is 3. The third-order valence-electron chi connectivity index (χ3n) is 6.06. The molecule has 0 fully saturated rings. The van der Waals surface area contributed by atoms with Crippen molar-refractivity contribution < 1.29 is 28.9 Å². The van der Waals surface area contributed by atoms with Gasteiger partial charge in [-0.2, -0.15) is 0 Å². The van der Waals surface area contributed by atoms with Gasteiger partial charge in [-0.1, -0.05) is 30.3 Å². The number of carbonyl (C=O) groups excluding carboxylic acids is 1. The minimum absolute atomic E-state index is 0.0522. The van der Waals surface area contributed by atoms with E-state index < -0.39 is 11.5 Å². The van der Waals surface area contributed by atoms with E-state index in [9.17, 15) is 19.8 Å². The number of carbonyl (C=O) groups is 1. The molecular weight excluding hydrogens is 462 g/mol. The summed E-state index contributed by atoms with van der Waals surface area (Å²) in [7, 11) is 3.02. The number of methoxy groups -OCH3 is 2. The van der Waals surface area contributed by atoms with Gasteiger partial charge in [0.2, 0.25) is 5.91 Å². The number of fused-ring (bicyclic) bond motifs is 1. The van der Waals surface area contributed by atoms with E-state index in [1.165, 1.54) is 13.2 Å². The van der Waals surface area contributed by atoms with Crippen molar-refractivity contribution in [1.29, 1.82) is 0 Å². The maximum atomic E-state index is 13.0. The molecule has 4 aromatic rings. The van der Waals surface area contributed by atoms with Crippen LogP contribution < -0.4 is 20.4 Å². The molecule has 0 saturated carbocycles. The molecule has 3 N–H and O–H groups in total. The lowest BCUT2D eigenvalue weighted by Gasteiger charge is -2.19. The SMILES string of the molecule is COc1ccc(CCNC(=O)C[C@@H](c2ccc(OC)c(O)c2)c2c(O)c3ccccc3oc2=O)cc1. The largest absolute Gasteiger partial charge is 0.507 e. The molecule has 0 saturated heterocycles. The third-order valence-corrected chi connectivity index (χ3v) is 6.06. The average Bonchev–Trinajstić information content (AvgIpc) is 2.88. The minimum atomic E-state index is -0.872. The number of hydrogen-bond acceptors (Lipinski definition) is 7. The van der Waals surface area contributed by atoms with Crippen molar-refractivity contribution in [3.05, 3.63) is 93.8 Å². The summed E-state index contributed by atoms with van der Waals surface area (Å²) in [6.07, 6.45) is 0.456. The number of para-hydroxylation sites is 1. The standard InChI is InChI=1S/C28H27NO7/c1-34-19-10-7-17(8-11-19)13-14-29-25(31)16-21(18-9-12-24(35-2)22(30)15-18)26-27(32)20-5-3-4-6-23(20)36-28(26)33/h3-12,15,21,30,32H,13-14,16H2,1-2H3,(H,29,31)/t21-/m0/s1. The van der Waals surface area contributed by atoms with Gasteiger partial charge in [0.15, 0.2) is 11.5 Å². The summed E-state index contributed by atoms with van der Waals surface area (Å²) in [4.78, 5) is 25.9. The fraction of sp³-hybridized carbons (Fsp3) is 0.214. The summed E-state index contributed by atoms with van der Waals surface area (Å²) in [6, 6.07) is 18.8. The molecule has 36 heavy (non-hydrogen) atoms. The van der Waals surface area contributed by atoms with Crippen LogP contribution in [0.1, 0.15) is 29.0 Å². The molecule has 186 valence electrons. The Morgan fingerprint density at radius 1 is 1.00 bits per heavy atom. The smallest absolute Gasteiger partial charge is 0.343 e. The van der Waals surface area contributed by atoms with Crippen molar-refractivity contribution in [3.63, 3.8) is 0 Å². The predicted molar refractivity (Wildman–Crippen MR) is 135 cm³/mol. The van der Waals surface area contributed by atoms with Crippen LogP contribution >= 0.6 is 0 Å². The van der Waals surface area contributed by atoms with Crippen LogP contribution in [0.3, 0.4) is 0 Å². The van der Waals surface area contributed by atoms with E-state index in [0.717, 1.165) is 11.3 Å². The van der Waals surface area contributed by atoms with Crippen molar-refractivity contribution in [2.45, 2.75) is 18.8 Å². The van der Waals surface area contributed by atoms with E-state index in [4.69, 9.17) is 13.9 Å². The molecule has 0 aliphatic rings. The topological polar surface area (TPSA) is 118 Å². The van der Waals surface area contributed by atoms with Gasteiger partial charge in [0.05, 0.1) is 25.2 Å². The second kappa shape index (κ2) is 10.9. The molecule has 8 heteroatoms. The Balaban J connectivity index is 1.61. The normalized spacial score (nSPS) is 11.7. The van der Waals surface area contributed by atoms with Gasteiger partial charge in [-0.3, -0.25) is 4.79 Å². The highest BCUT2D eigenvalue weighted by molar-refractivity contribution is 5.85. The van der Waals surface area contributed by atoms with Crippen molar-refractivity contribution in [2.75, 3.05) is 20.8 Å². The fourth-order valence-corrected chi connectivity index (χ4v) is 4.16. The molecule has 0 radical (unpaired) electrons. The van der Waals surface area contributed by atoms with Crippen LogP contribution in [0.2, 0.25) is 0 Å². The van der Waals surface area contributed by atoms with Crippen molar-refractivity contribution in [1.82, 2.24) is 5.32 Å². The molecule has 1 heterocycles. The van der Waals surface area contributed by atoms with E-state index >= 15 is 0 Å². The van der Waals surface area contributed by atoms with E-state index in [-0.39, 0.29) is 40.7 Å². The number of rotatable bonds is 9. The van der Waals surface area contributed by atoms with Gasteiger partial charge in [-0.15, -0.1) is 0 Å². The lowest BCUT2D eigenvalue weighted by atomic mass is 9.87. The summed E-state index contributed by atoms with van der Waals surface area (Å²) in [6.45, 7) is 0.379. The maximum absolute atomic E-state index is 13.0. The van der Waals surface area contributed by atoms with Crippen LogP contribution in [0.5, 0.6) is 23.0 Å². The molecule has 8 nitrogen and oxygen atoms in total. The fourth-order valence-electron chi connectivity index (χ4n) is 4.16. The van der Waals surface area contributed by atoms with Crippen molar-refractivity contribution in [2.24, 2.45) is 0 Å². The Kier molecular flexibility index (Phi) is 7.44. The Hall–Kier alpha value is -4.46. The number of amides is 1. The molecule has 4 rings (SSSR count). The zero-order valence-corrected chi connectivity index (χ0v) is 20.0. The number of phenols is 1. The minimum Gasteiger partial charge on any atom is -0.507 e. The van der Waals surface area contributed by atoms with Crippen LogP contribution in [0.25, 0.3) is 11.0 Å². The molecule has 0 spiro atoms. The molecule has 0 bridgehead atoms. The summed E-state index contributed by atoms with van der Waals surface area (Å²) in [5, 5.41) is 24.6. The first kappa shape index (κ1) is 24.7. The van der Waals surface area contributed by atoms with Gasteiger partial charge in [-0.05, 0) is 53.9 Å². The van der Waals surface area contributed by atoms with E-state index in [0.29, 0.717) is 23.9 Å². The quantitative estimate of drug-likeness (QED) is 0.303. The highest BCUT2D eigenvalue weighted by atomic mass is 16.5. The van der Waals surface area contributed by atoms with Gasteiger partial charge < -0.3 is 29.4 Å². The monoisotopic (exact) mass is 489 g/mol. The van der Waals surface area contributed by atoms with Gasteiger partial charge in [0.1, 0.15) is 17.1 Å². The first-order chi connectivity index (χ1) is 17.4. The summed E-state index contributed by atoms with van der Waals surface area (Å²) in [5.41, 5.74) is 0.919. The van der Waals surface area contributed by atoms with E-state index in [2.05, 4.69) is 5.32 Å². The van der Waals surface area contributed by atoms with E-state index in [1.54, 1.807) is 43.5 Å². The molecule has 1 atom stereocenters. The number of phenolic OH excluding ortho intramolecular Hbond substituents is 1. The average molecular weight is 490 g/mol. The molecule has 3 aromatic carbocycles. The van der Waals surface area contributed by atoms with E-state index in [1.807, 2.05) is 24.3 Å². The van der Waals surface area contributed by atoms with Crippen LogP contribution in [0, 0.1) is 0 Å². The molecule has 1 aromatic heterocycles. The molecule has 0 aliphatic heterocycles. The van der Waals surface area contributed by atoms with Crippen LogP contribution in [0.4, 0.5) is 0 Å². The van der Waals surface area contributed by atoms with Crippen LogP contribution in [-0.4, -0.2) is 36.9 Å². The zero-order valence-electron chi connectivity index (χ0n) is 20.0. The van der Waals surface area contributed by atoms with Crippen molar-refractivity contribution >= 4 is 16.9 Å². The zero-order chi connectivity index (χ0) is 25.7. The molecule has 1 amide bonds. The Morgan fingerprint density at radius 2 is 1.75 bits per heavy atom. The summed E-state index contributed by atoms with van der Waals surface area (Å²) < 4.78 is 15.7. The van der Waals surface area contributed by atoms with Gasteiger partial charge >= 0.3 is 5.63 Å². The summed E-state index contributed by atoms with van der Waals surface area (Å²) >= 11 is 0. The van der Waals surface area contributed by atoms with Gasteiger partial charge in [-0.25, -0.2) is 4.79 Å². The summed E-state index contributed by atoms with van der Waals surface area (Å²) in [5.74, 6) is -0.601. The highest BCUT2D eigenvalue weighted by Crippen LogP contribution is 2.38. The lowest BCUT2D eigenvalue weighted by molar-refractivity contribution is -0.121. The lowest BCUT2D eigenvalue weighted by Crippen LogP contribution is -2.28. The number of nitrogens with one attached hydrogen (secondary N) is 1. The first-order valence-corrected chi connectivity index (χ1v) is 11.4. The first-order valence-electron chi connectivity index (χ1n) is 11.4. The Morgan fingerprint density at radius 3 is 2.44 bits per heavy atom. The Bertz CT molecular complexity index is 1430. The third kappa shape index (κ3) is 5.27. The molecule has 0 unspecified atom stereocenters. The number of aromatic hydroxyl groups is 2. The highest BCUT2D eigenvalue weighted by Gasteiger charge is 2.27. The number of ether oxygens (including phenoxy) is 2. The van der Waals surface area contributed by atoms with Crippen LogP contribution in [-0.2, 0) is 11.2 Å².